The molecule has 7 heteroatoms. The van der Waals surface area contributed by atoms with Gasteiger partial charge in [0.25, 0.3) is 11.6 Å². The highest BCUT2D eigenvalue weighted by molar-refractivity contribution is 7.15. The summed E-state index contributed by atoms with van der Waals surface area (Å²) in [4.78, 5) is 28.1. The molecule has 21 heavy (non-hydrogen) atoms. The Kier molecular flexibility index (Phi) is 3.42. The van der Waals surface area contributed by atoms with Crippen LogP contribution in [0.15, 0.2) is 18.2 Å². The van der Waals surface area contributed by atoms with Crippen LogP contribution in [0.25, 0.3) is 0 Å². The molecular formula is C14H13N3O3S. The molecule has 0 saturated heterocycles. The average Bonchev–Trinajstić information content (AvgIpc) is 2.98. The Balaban J connectivity index is 1.78. The number of thiazole rings is 1. The van der Waals surface area contributed by atoms with E-state index in [4.69, 9.17) is 0 Å². The number of hydrogen-bond acceptors (Lipinski definition) is 5. The number of nitrogens with zero attached hydrogens (tertiary/aromatic N) is 2. The largest absolute Gasteiger partial charge is 0.298 e. The smallest absolute Gasteiger partial charge is 0.272 e. The molecule has 1 aromatic heterocycles. The van der Waals surface area contributed by atoms with Gasteiger partial charge in [0.1, 0.15) is 0 Å². The average molecular weight is 303 g/mol. The lowest BCUT2D eigenvalue weighted by Gasteiger charge is -2.03. The fourth-order valence-electron chi connectivity index (χ4n) is 2.41. The standard InChI is InChI=1S/C14H13N3O3S/c1-8-7-9(5-6-11(8)17(19)20)13(18)16-14-15-10-3-2-4-12(10)21-14/h5-7H,2-4H2,1H3,(H,15,16,18). The van der Waals surface area contributed by atoms with Crippen LogP contribution in [0.3, 0.4) is 0 Å². The molecule has 0 bridgehead atoms. The zero-order chi connectivity index (χ0) is 15.0. The van der Waals surface area contributed by atoms with E-state index in [0.29, 0.717) is 16.3 Å². The van der Waals surface area contributed by atoms with E-state index in [0.717, 1.165) is 25.0 Å². The maximum absolute atomic E-state index is 12.2. The number of nitro benzene ring substituents is 1. The molecule has 0 saturated carbocycles. The van der Waals surface area contributed by atoms with Crippen LogP contribution in [-0.4, -0.2) is 15.8 Å². The van der Waals surface area contributed by atoms with Gasteiger partial charge in [-0.25, -0.2) is 4.98 Å². The Morgan fingerprint density at radius 3 is 2.90 bits per heavy atom. The normalized spacial score (nSPS) is 13.0. The lowest BCUT2D eigenvalue weighted by molar-refractivity contribution is -0.385. The second-order valence-corrected chi connectivity index (χ2v) is 6.04. The van der Waals surface area contributed by atoms with E-state index in [1.165, 1.54) is 34.4 Å². The van der Waals surface area contributed by atoms with Crippen LogP contribution < -0.4 is 5.32 Å². The van der Waals surface area contributed by atoms with E-state index < -0.39 is 4.92 Å². The first-order valence-electron chi connectivity index (χ1n) is 6.59. The Labute approximate surface area is 125 Å². The second-order valence-electron chi connectivity index (χ2n) is 4.95. The van der Waals surface area contributed by atoms with Crippen molar-refractivity contribution in [2.45, 2.75) is 26.2 Å². The first kappa shape index (κ1) is 13.7. The number of aromatic nitrogens is 1. The van der Waals surface area contributed by atoms with Gasteiger partial charge in [-0.3, -0.25) is 20.2 Å². The molecule has 1 heterocycles. The Morgan fingerprint density at radius 1 is 1.43 bits per heavy atom. The van der Waals surface area contributed by atoms with E-state index in [1.54, 1.807) is 6.92 Å². The molecule has 0 fully saturated rings. The quantitative estimate of drug-likeness (QED) is 0.697. The summed E-state index contributed by atoms with van der Waals surface area (Å²) < 4.78 is 0. The summed E-state index contributed by atoms with van der Waals surface area (Å²) in [5.41, 5.74) is 1.96. The van der Waals surface area contributed by atoms with Crippen LogP contribution >= 0.6 is 11.3 Å². The summed E-state index contributed by atoms with van der Waals surface area (Å²) in [5.74, 6) is -0.291. The van der Waals surface area contributed by atoms with Crippen molar-refractivity contribution in [1.29, 1.82) is 0 Å². The third-order valence-electron chi connectivity index (χ3n) is 3.47. The highest BCUT2D eigenvalue weighted by Gasteiger charge is 2.19. The van der Waals surface area contributed by atoms with Gasteiger partial charge in [-0.15, -0.1) is 11.3 Å². The molecule has 1 aliphatic carbocycles. The molecule has 0 atom stereocenters. The van der Waals surface area contributed by atoms with Crippen molar-refractivity contribution < 1.29 is 9.72 Å². The Hall–Kier alpha value is -2.28. The summed E-state index contributed by atoms with van der Waals surface area (Å²) in [5, 5.41) is 14.1. The van der Waals surface area contributed by atoms with E-state index in [-0.39, 0.29) is 11.6 Å². The zero-order valence-corrected chi connectivity index (χ0v) is 12.2. The molecule has 6 nitrogen and oxygen atoms in total. The number of nitro groups is 1. The molecule has 0 radical (unpaired) electrons. The number of nitrogens with one attached hydrogen (secondary N) is 1. The van der Waals surface area contributed by atoms with Gasteiger partial charge in [-0.1, -0.05) is 0 Å². The number of carbonyl (C=O) groups is 1. The molecule has 1 amide bonds. The van der Waals surface area contributed by atoms with Gasteiger partial charge in [-0.2, -0.15) is 0 Å². The summed E-state index contributed by atoms with van der Waals surface area (Å²) >= 11 is 1.51. The summed E-state index contributed by atoms with van der Waals surface area (Å²) in [6.07, 6.45) is 3.13. The van der Waals surface area contributed by atoms with Gasteiger partial charge in [0, 0.05) is 22.1 Å². The molecule has 2 aromatic rings. The van der Waals surface area contributed by atoms with E-state index in [2.05, 4.69) is 10.3 Å². The highest BCUT2D eigenvalue weighted by Crippen LogP contribution is 2.30. The molecule has 1 N–H and O–H groups in total. The van der Waals surface area contributed by atoms with Crippen molar-refractivity contribution in [1.82, 2.24) is 4.98 Å². The van der Waals surface area contributed by atoms with Crippen LogP contribution in [0, 0.1) is 17.0 Å². The van der Waals surface area contributed by atoms with Crippen molar-refractivity contribution in [2.24, 2.45) is 0 Å². The second kappa shape index (κ2) is 5.25. The fourth-order valence-corrected chi connectivity index (χ4v) is 3.46. The van der Waals surface area contributed by atoms with Gasteiger partial charge in [0.15, 0.2) is 5.13 Å². The molecule has 1 aliphatic rings. The monoisotopic (exact) mass is 303 g/mol. The number of carbonyl (C=O) groups excluding carboxylic acids is 1. The van der Waals surface area contributed by atoms with Crippen LogP contribution in [0.1, 0.15) is 32.9 Å². The number of hydrogen-bond donors (Lipinski definition) is 1. The summed E-state index contributed by atoms with van der Waals surface area (Å²) in [6.45, 7) is 1.62. The minimum absolute atomic E-state index is 0.0137. The minimum atomic E-state index is -0.456. The van der Waals surface area contributed by atoms with Crippen LogP contribution in [-0.2, 0) is 12.8 Å². The predicted octanol–water partition coefficient (Wildman–Crippen LogP) is 3.10. The zero-order valence-electron chi connectivity index (χ0n) is 11.4. The first-order valence-corrected chi connectivity index (χ1v) is 7.41. The third-order valence-corrected chi connectivity index (χ3v) is 4.54. The summed E-state index contributed by atoms with van der Waals surface area (Å²) in [7, 11) is 0. The van der Waals surface area contributed by atoms with E-state index in [9.17, 15) is 14.9 Å². The number of amides is 1. The van der Waals surface area contributed by atoms with Gasteiger partial charge in [0.2, 0.25) is 0 Å². The molecule has 0 aliphatic heterocycles. The lowest BCUT2D eigenvalue weighted by atomic mass is 10.1. The molecule has 1 aromatic carbocycles. The minimum Gasteiger partial charge on any atom is -0.298 e. The number of benzene rings is 1. The molecule has 3 rings (SSSR count). The number of aryl methyl sites for hydroxylation is 3. The maximum Gasteiger partial charge on any atom is 0.272 e. The first-order chi connectivity index (χ1) is 10.0. The van der Waals surface area contributed by atoms with Gasteiger partial charge in [0.05, 0.1) is 10.6 Å². The van der Waals surface area contributed by atoms with Crippen LogP contribution in [0.5, 0.6) is 0 Å². The maximum atomic E-state index is 12.2. The van der Waals surface area contributed by atoms with Crippen molar-refractivity contribution >= 4 is 28.1 Å². The Bertz CT molecular complexity index is 718. The van der Waals surface area contributed by atoms with Gasteiger partial charge in [-0.05, 0) is 38.3 Å². The Morgan fingerprint density at radius 2 is 2.24 bits per heavy atom. The number of rotatable bonds is 3. The lowest BCUT2D eigenvalue weighted by Crippen LogP contribution is -2.12. The topological polar surface area (TPSA) is 85.1 Å². The fraction of sp³-hybridized carbons (Fsp3) is 0.286. The van der Waals surface area contributed by atoms with Crippen LogP contribution in [0.2, 0.25) is 0 Å². The SMILES string of the molecule is Cc1cc(C(=O)Nc2nc3c(s2)CCC3)ccc1[N+](=O)[O-]. The highest BCUT2D eigenvalue weighted by atomic mass is 32.1. The number of anilines is 1. The van der Waals surface area contributed by atoms with Crippen molar-refractivity contribution in [3.05, 3.63) is 50.0 Å². The predicted molar refractivity (Wildman–Crippen MR) is 79.9 cm³/mol. The summed E-state index contributed by atoms with van der Waals surface area (Å²) in [6, 6.07) is 4.34. The number of fused-ring (bicyclic) bond motifs is 1. The molecule has 0 spiro atoms. The molecule has 108 valence electrons. The van der Waals surface area contributed by atoms with Crippen molar-refractivity contribution in [3.8, 4) is 0 Å². The van der Waals surface area contributed by atoms with E-state index in [1.807, 2.05) is 0 Å². The van der Waals surface area contributed by atoms with Gasteiger partial charge < -0.3 is 0 Å². The van der Waals surface area contributed by atoms with Crippen molar-refractivity contribution in [3.63, 3.8) is 0 Å². The third kappa shape index (κ3) is 2.64. The van der Waals surface area contributed by atoms with Crippen molar-refractivity contribution in [2.75, 3.05) is 5.32 Å². The molecular weight excluding hydrogens is 290 g/mol. The van der Waals surface area contributed by atoms with Gasteiger partial charge >= 0.3 is 0 Å². The van der Waals surface area contributed by atoms with Crippen LogP contribution in [0.4, 0.5) is 10.8 Å². The van der Waals surface area contributed by atoms with E-state index >= 15 is 0 Å². The molecule has 0 unspecified atom stereocenters.